The predicted octanol–water partition coefficient (Wildman–Crippen LogP) is 4.29. The van der Waals surface area contributed by atoms with Gasteiger partial charge < -0.3 is 15.3 Å². The number of para-hydroxylation sites is 1. The van der Waals surface area contributed by atoms with Gasteiger partial charge in [0.2, 0.25) is 5.91 Å². The van der Waals surface area contributed by atoms with Crippen molar-refractivity contribution >= 4 is 16.9 Å². The molecule has 0 aliphatic carbocycles. The van der Waals surface area contributed by atoms with E-state index in [-0.39, 0.29) is 11.3 Å². The van der Waals surface area contributed by atoms with Gasteiger partial charge in [-0.2, -0.15) is 0 Å². The predicted molar refractivity (Wildman–Crippen MR) is 109 cm³/mol. The van der Waals surface area contributed by atoms with E-state index in [4.69, 9.17) is 10.2 Å². The molecule has 0 radical (unpaired) electrons. The Labute approximate surface area is 163 Å². The summed E-state index contributed by atoms with van der Waals surface area (Å²) in [5.41, 5.74) is 5.76. The van der Waals surface area contributed by atoms with Crippen molar-refractivity contribution in [2.75, 3.05) is 0 Å². The standard InChI is InChI=1S/C23H25NO4/c1-4-16(18-20(25)15-12-8-9-13-17(15)28-22(18)27)23(2,3)19(21(24)26)14-10-6-5-7-11-14/h5-13,16,19,25H,4H2,1-3H3,(H2,24,26). The lowest BCUT2D eigenvalue weighted by molar-refractivity contribution is -0.122. The Bertz CT molecular complexity index is 1050. The fourth-order valence-corrected chi connectivity index (χ4v) is 4.36. The summed E-state index contributed by atoms with van der Waals surface area (Å²) in [7, 11) is 0. The number of aromatic hydroxyl groups is 1. The Hall–Kier alpha value is -3.08. The first-order valence-electron chi connectivity index (χ1n) is 9.38. The lowest BCUT2D eigenvalue weighted by atomic mass is 9.63. The van der Waals surface area contributed by atoms with Gasteiger partial charge in [-0.25, -0.2) is 4.79 Å². The summed E-state index contributed by atoms with van der Waals surface area (Å²) in [4.78, 5) is 25.2. The van der Waals surface area contributed by atoms with Gasteiger partial charge in [0.25, 0.3) is 0 Å². The van der Waals surface area contributed by atoms with Crippen LogP contribution in [0, 0.1) is 5.41 Å². The Morgan fingerprint density at radius 3 is 2.32 bits per heavy atom. The summed E-state index contributed by atoms with van der Waals surface area (Å²) in [5.74, 6) is -1.64. The summed E-state index contributed by atoms with van der Waals surface area (Å²) >= 11 is 0. The van der Waals surface area contributed by atoms with E-state index >= 15 is 0 Å². The molecule has 0 fully saturated rings. The highest BCUT2D eigenvalue weighted by Crippen LogP contribution is 2.49. The van der Waals surface area contributed by atoms with Crippen molar-refractivity contribution < 1.29 is 14.3 Å². The average molecular weight is 379 g/mol. The molecular weight excluding hydrogens is 354 g/mol. The van der Waals surface area contributed by atoms with Crippen LogP contribution in [-0.2, 0) is 4.79 Å². The van der Waals surface area contributed by atoms with Gasteiger partial charge in [0.05, 0.1) is 16.9 Å². The van der Waals surface area contributed by atoms with Gasteiger partial charge in [0, 0.05) is 5.92 Å². The zero-order valence-electron chi connectivity index (χ0n) is 16.3. The zero-order valence-corrected chi connectivity index (χ0v) is 16.3. The Balaban J connectivity index is 2.21. The van der Waals surface area contributed by atoms with Gasteiger partial charge in [-0.15, -0.1) is 0 Å². The van der Waals surface area contributed by atoms with Gasteiger partial charge in [0.1, 0.15) is 11.3 Å². The minimum atomic E-state index is -0.740. The molecule has 1 heterocycles. The van der Waals surface area contributed by atoms with Crippen molar-refractivity contribution in [1.82, 2.24) is 0 Å². The monoisotopic (exact) mass is 379 g/mol. The second-order valence-corrected chi connectivity index (χ2v) is 7.68. The first kappa shape index (κ1) is 19.7. The highest BCUT2D eigenvalue weighted by Gasteiger charge is 2.43. The van der Waals surface area contributed by atoms with Crippen LogP contribution in [0.1, 0.15) is 50.2 Å². The van der Waals surface area contributed by atoms with E-state index in [0.29, 0.717) is 17.4 Å². The third kappa shape index (κ3) is 3.28. The average Bonchev–Trinajstić information content (AvgIpc) is 2.65. The molecule has 2 atom stereocenters. The topological polar surface area (TPSA) is 93.5 Å². The fourth-order valence-electron chi connectivity index (χ4n) is 4.36. The zero-order chi connectivity index (χ0) is 20.5. The molecule has 0 saturated carbocycles. The van der Waals surface area contributed by atoms with E-state index in [1.54, 1.807) is 24.3 Å². The smallest absolute Gasteiger partial charge is 0.343 e. The molecule has 0 bridgehead atoms. The number of benzene rings is 2. The van der Waals surface area contributed by atoms with E-state index in [1.807, 2.05) is 51.1 Å². The Kier molecular flexibility index (Phi) is 5.27. The van der Waals surface area contributed by atoms with Crippen molar-refractivity contribution in [2.45, 2.75) is 39.0 Å². The van der Waals surface area contributed by atoms with Gasteiger partial charge in [-0.05, 0) is 29.5 Å². The summed E-state index contributed by atoms with van der Waals surface area (Å²) in [6.45, 7) is 5.72. The van der Waals surface area contributed by atoms with Crippen molar-refractivity contribution in [2.24, 2.45) is 11.1 Å². The van der Waals surface area contributed by atoms with Crippen molar-refractivity contribution in [1.29, 1.82) is 0 Å². The third-order valence-electron chi connectivity index (χ3n) is 5.64. The Morgan fingerprint density at radius 1 is 1.11 bits per heavy atom. The van der Waals surface area contributed by atoms with Gasteiger partial charge in [-0.3, -0.25) is 4.79 Å². The van der Waals surface area contributed by atoms with E-state index in [1.165, 1.54) is 0 Å². The van der Waals surface area contributed by atoms with Crippen LogP contribution in [0.2, 0.25) is 0 Å². The van der Waals surface area contributed by atoms with Gasteiger partial charge in [0.15, 0.2) is 0 Å². The number of fused-ring (bicyclic) bond motifs is 1. The van der Waals surface area contributed by atoms with Crippen LogP contribution in [-0.4, -0.2) is 11.0 Å². The summed E-state index contributed by atoms with van der Waals surface area (Å²) in [5, 5.41) is 11.4. The van der Waals surface area contributed by atoms with Crippen LogP contribution in [0.25, 0.3) is 11.0 Å². The van der Waals surface area contributed by atoms with E-state index in [9.17, 15) is 14.7 Å². The molecule has 5 heteroatoms. The molecule has 3 rings (SSSR count). The largest absolute Gasteiger partial charge is 0.507 e. The van der Waals surface area contributed by atoms with E-state index < -0.39 is 28.8 Å². The molecule has 0 spiro atoms. The molecule has 1 amide bonds. The molecule has 28 heavy (non-hydrogen) atoms. The molecule has 0 aliphatic rings. The quantitative estimate of drug-likeness (QED) is 0.625. The molecule has 2 aromatic carbocycles. The van der Waals surface area contributed by atoms with Crippen LogP contribution in [0.5, 0.6) is 5.75 Å². The first-order chi connectivity index (χ1) is 13.3. The Morgan fingerprint density at radius 2 is 1.71 bits per heavy atom. The minimum Gasteiger partial charge on any atom is -0.507 e. The number of hydrogen-bond donors (Lipinski definition) is 2. The molecule has 5 nitrogen and oxygen atoms in total. The van der Waals surface area contributed by atoms with Crippen molar-refractivity contribution in [3.63, 3.8) is 0 Å². The maximum Gasteiger partial charge on any atom is 0.343 e. The van der Waals surface area contributed by atoms with Gasteiger partial charge in [-0.1, -0.05) is 63.2 Å². The van der Waals surface area contributed by atoms with Gasteiger partial charge >= 0.3 is 5.63 Å². The number of primary amides is 1. The van der Waals surface area contributed by atoms with Crippen molar-refractivity contribution in [3.05, 3.63) is 76.1 Å². The van der Waals surface area contributed by atoms with Crippen molar-refractivity contribution in [3.8, 4) is 5.75 Å². The molecule has 1 aromatic heterocycles. The lowest BCUT2D eigenvalue weighted by Crippen LogP contribution is -2.39. The minimum absolute atomic E-state index is 0.0944. The highest BCUT2D eigenvalue weighted by molar-refractivity contribution is 5.85. The highest BCUT2D eigenvalue weighted by atomic mass is 16.4. The molecule has 0 saturated heterocycles. The number of carbonyl (C=O) groups excluding carboxylic acids is 1. The molecule has 146 valence electrons. The number of amides is 1. The van der Waals surface area contributed by atoms with E-state index in [2.05, 4.69) is 0 Å². The molecule has 3 aromatic rings. The number of rotatable bonds is 6. The first-order valence-corrected chi connectivity index (χ1v) is 9.38. The molecule has 3 N–H and O–H groups in total. The fraction of sp³-hybridized carbons (Fsp3) is 0.304. The maximum absolute atomic E-state index is 12.8. The number of carbonyl (C=O) groups is 1. The molecular formula is C23H25NO4. The number of nitrogens with two attached hydrogens (primary N) is 1. The third-order valence-corrected chi connectivity index (χ3v) is 5.64. The van der Waals surface area contributed by atoms with Crippen LogP contribution >= 0.6 is 0 Å². The molecule has 2 unspecified atom stereocenters. The molecule has 0 aliphatic heterocycles. The normalized spacial score (nSPS) is 14.0. The SMILES string of the molecule is CCC(c1c(O)c2ccccc2oc1=O)C(C)(C)C(C(N)=O)c1ccccc1. The summed E-state index contributed by atoms with van der Waals surface area (Å²) < 4.78 is 5.47. The van der Waals surface area contributed by atoms with Crippen LogP contribution < -0.4 is 11.4 Å². The van der Waals surface area contributed by atoms with E-state index in [0.717, 1.165) is 5.56 Å². The van der Waals surface area contributed by atoms with Crippen LogP contribution in [0.3, 0.4) is 0 Å². The lowest BCUT2D eigenvalue weighted by Gasteiger charge is -2.39. The second kappa shape index (κ2) is 7.50. The number of hydrogen-bond acceptors (Lipinski definition) is 4. The van der Waals surface area contributed by atoms with Crippen LogP contribution in [0.15, 0.2) is 63.8 Å². The summed E-state index contributed by atoms with van der Waals surface area (Å²) in [6.07, 6.45) is 0.528. The summed E-state index contributed by atoms with van der Waals surface area (Å²) in [6, 6.07) is 16.1. The van der Waals surface area contributed by atoms with Crippen LogP contribution in [0.4, 0.5) is 0 Å². The maximum atomic E-state index is 12.8. The second-order valence-electron chi connectivity index (χ2n) is 7.68.